The third kappa shape index (κ3) is 29.6. The number of hydrogen-bond acceptors (Lipinski definition) is 14. The molecule has 1 aliphatic carbocycles. The van der Waals surface area contributed by atoms with E-state index in [-0.39, 0.29) is 12.8 Å². The number of aliphatic hydroxyl groups excluding tert-OH is 4. The third-order valence-corrected chi connectivity index (χ3v) is 12.7. The van der Waals surface area contributed by atoms with Gasteiger partial charge in [-0.25, -0.2) is 9.13 Å². The van der Waals surface area contributed by atoms with Gasteiger partial charge in [-0.3, -0.25) is 23.2 Å². The van der Waals surface area contributed by atoms with E-state index in [2.05, 4.69) is 73.1 Å². The minimum atomic E-state index is -5.38. The molecule has 1 aliphatic heterocycles. The topological polar surface area (TPSA) is 269 Å². The Balaban J connectivity index is 1.80. The Hall–Kier alpha value is -2.60. The largest absolute Gasteiger partial charge is 0.472 e. The second-order valence-corrected chi connectivity index (χ2v) is 19.8. The summed E-state index contributed by atoms with van der Waals surface area (Å²) in [5.41, 5.74) is 0. The highest BCUT2D eigenvalue weighted by molar-refractivity contribution is 7.47. The molecule has 0 spiro atoms. The summed E-state index contributed by atoms with van der Waals surface area (Å²) in [6.45, 7) is 2.84. The number of aliphatic hydroxyl groups is 4. The maximum atomic E-state index is 13.0. The number of carbonyl (C=O) groups excluding carboxylic acids is 2. The molecule has 0 amide bonds. The van der Waals surface area contributed by atoms with Crippen LogP contribution < -0.4 is 0 Å². The van der Waals surface area contributed by atoms with Crippen molar-refractivity contribution in [3.05, 3.63) is 72.9 Å². The van der Waals surface area contributed by atoms with Gasteiger partial charge >= 0.3 is 27.6 Å². The van der Waals surface area contributed by atoms with Gasteiger partial charge in [-0.2, -0.15) is 0 Å². The van der Waals surface area contributed by atoms with Crippen molar-refractivity contribution in [2.75, 3.05) is 13.2 Å². The van der Waals surface area contributed by atoms with Crippen molar-refractivity contribution in [3.8, 4) is 0 Å². The van der Waals surface area contributed by atoms with Gasteiger partial charge in [0.05, 0.1) is 18.8 Å². The number of phosphoric ester groups is 2. The van der Waals surface area contributed by atoms with E-state index in [0.717, 1.165) is 70.6 Å². The van der Waals surface area contributed by atoms with Crippen molar-refractivity contribution in [1.82, 2.24) is 0 Å². The van der Waals surface area contributed by atoms with E-state index < -0.39 is 83.5 Å². The van der Waals surface area contributed by atoms with Gasteiger partial charge in [0.2, 0.25) is 0 Å². The molecule has 1 saturated carbocycles. The SMILES string of the molecule is CC/C=C\CCCCCCCCCCCCCC(=O)O[C@H](COC(=O)CC/C=C\C/C=C\C/C=C\C/C=C\CC1OC1C/C=C\CC)COP(=O)(O)O[C@H]1C(O)C(O)C(O)[C@@H](OP(=O)(O)O)C1O. The van der Waals surface area contributed by atoms with Gasteiger partial charge in [-0.1, -0.05) is 145 Å². The molecule has 7 N–H and O–H groups in total. The fraction of sp³-hybridized carbons (Fsp3) is 0.714. The summed E-state index contributed by atoms with van der Waals surface area (Å²) in [6, 6.07) is 0. The summed E-state index contributed by atoms with van der Waals surface area (Å²) in [5.74, 6) is -1.31. The molecule has 1 heterocycles. The van der Waals surface area contributed by atoms with E-state index in [9.17, 15) is 53.8 Å². The summed E-state index contributed by atoms with van der Waals surface area (Å²) < 4.78 is 55.0. The van der Waals surface area contributed by atoms with E-state index in [1.54, 1.807) is 0 Å². The van der Waals surface area contributed by atoms with E-state index in [0.29, 0.717) is 31.5 Å². The van der Waals surface area contributed by atoms with Crippen molar-refractivity contribution in [2.45, 2.75) is 210 Å². The lowest BCUT2D eigenvalue weighted by molar-refractivity contribution is -0.216. The molecule has 2 aliphatic rings. The molecule has 390 valence electrons. The second-order valence-electron chi connectivity index (χ2n) is 17.2. The van der Waals surface area contributed by atoms with Crippen LogP contribution in [0.1, 0.15) is 155 Å². The van der Waals surface area contributed by atoms with Crippen LogP contribution in [-0.2, 0) is 46.5 Å². The number of unbranched alkanes of at least 4 members (excludes halogenated alkanes) is 11. The first kappa shape index (κ1) is 61.5. The summed E-state index contributed by atoms with van der Waals surface area (Å²) in [6.07, 6.45) is 30.5. The first-order valence-electron chi connectivity index (χ1n) is 24.6. The lowest BCUT2D eigenvalue weighted by atomic mass is 9.85. The number of allylic oxidation sites excluding steroid dienone is 10. The number of phosphoric acid groups is 2. The summed E-state index contributed by atoms with van der Waals surface area (Å²) in [5, 5.41) is 41.3. The standard InChI is InChI=1S/C49H82O17P2/c1-3-5-7-8-9-10-11-12-13-14-19-22-25-28-32-36-43(51)63-39(38-62-68(59,60)66-49-46(54)44(52)45(53)48(47(49)55)65-67(56,57)58)37-61-42(50)35-31-27-24-21-18-16-15-17-20-23-26-30-34-41-40(64-41)33-29-6-4-2/h5-7,16-18,20,24,26-27,29-30,39-41,44-49,52-55H,3-4,8-15,19,21-23,25,28,31-38H2,1-2H3,(H,59,60)(H2,56,57,58)/b7-5-,18-16-,20-17-,27-24-,29-6-,30-26-/t39-,40?,41?,44?,45?,46?,47?,48-,49+/m1/s1. The van der Waals surface area contributed by atoms with Crippen LogP contribution in [0.15, 0.2) is 72.9 Å². The van der Waals surface area contributed by atoms with Crippen LogP contribution in [0.4, 0.5) is 0 Å². The number of ether oxygens (including phenoxy) is 3. The van der Waals surface area contributed by atoms with Crippen LogP contribution in [0.2, 0.25) is 0 Å². The van der Waals surface area contributed by atoms with Crippen LogP contribution in [0.25, 0.3) is 0 Å². The molecular weight excluding hydrogens is 922 g/mol. The Morgan fingerprint density at radius 2 is 1.00 bits per heavy atom. The summed E-state index contributed by atoms with van der Waals surface area (Å²) in [7, 11) is -10.7. The third-order valence-electron chi connectivity index (χ3n) is 11.2. The smallest absolute Gasteiger partial charge is 0.462 e. The first-order chi connectivity index (χ1) is 32.6. The molecule has 0 bridgehead atoms. The first-order valence-corrected chi connectivity index (χ1v) is 27.6. The number of rotatable bonds is 39. The summed E-state index contributed by atoms with van der Waals surface area (Å²) in [4.78, 5) is 54.3. The molecule has 0 aromatic rings. The monoisotopic (exact) mass is 1000 g/mol. The van der Waals surface area contributed by atoms with Gasteiger partial charge in [-0.05, 0) is 70.6 Å². The van der Waals surface area contributed by atoms with Crippen molar-refractivity contribution < 1.29 is 81.6 Å². The van der Waals surface area contributed by atoms with E-state index in [1.165, 1.54) is 38.5 Å². The minimum Gasteiger partial charge on any atom is -0.462 e. The number of esters is 2. The Morgan fingerprint density at radius 3 is 1.56 bits per heavy atom. The maximum absolute atomic E-state index is 13.0. The molecule has 10 atom stereocenters. The van der Waals surface area contributed by atoms with Crippen LogP contribution in [0.3, 0.4) is 0 Å². The maximum Gasteiger partial charge on any atom is 0.472 e. The van der Waals surface area contributed by atoms with Crippen LogP contribution in [0, 0.1) is 0 Å². The quantitative estimate of drug-likeness (QED) is 0.00998. The van der Waals surface area contributed by atoms with Gasteiger partial charge in [0, 0.05) is 12.8 Å². The van der Waals surface area contributed by atoms with Gasteiger partial charge in [0.15, 0.2) is 6.10 Å². The zero-order valence-corrected chi connectivity index (χ0v) is 42.0. The highest BCUT2D eigenvalue weighted by Crippen LogP contribution is 2.49. The fourth-order valence-corrected chi connectivity index (χ4v) is 8.87. The molecular formula is C49H82O17P2. The van der Waals surface area contributed by atoms with E-state index >= 15 is 0 Å². The van der Waals surface area contributed by atoms with E-state index in [4.69, 9.17) is 23.3 Å². The lowest BCUT2D eigenvalue weighted by Gasteiger charge is -2.43. The molecule has 17 nitrogen and oxygen atoms in total. The average Bonchev–Trinajstić information content (AvgIpc) is 4.05. The normalized spacial score (nSPS) is 24.8. The van der Waals surface area contributed by atoms with Gasteiger partial charge in [0.25, 0.3) is 0 Å². The van der Waals surface area contributed by atoms with Crippen molar-refractivity contribution >= 4 is 27.6 Å². The zero-order chi connectivity index (χ0) is 50.0. The molecule has 0 radical (unpaired) electrons. The molecule has 7 unspecified atom stereocenters. The highest BCUT2D eigenvalue weighted by Gasteiger charge is 2.54. The van der Waals surface area contributed by atoms with Gasteiger partial charge in [0.1, 0.15) is 43.2 Å². The van der Waals surface area contributed by atoms with Crippen molar-refractivity contribution in [3.63, 3.8) is 0 Å². The lowest BCUT2D eigenvalue weighted by Crippen LogP contribution is -2.64. The Kier molecular flexibility index (Phi) is 32.9. The van der Waals surface area contributed by atoms with Crippen LogP contribution in [0.5, 0.6) is 0 Å². The van der Waals surface area contributed by atoms with Gasteiger partial charge in [-0.15, -0.1) is 0 Å². The molecule has 1 saturated heterocycles. The molecule has 68 heavy (non-hydrogen) atoms. The number of carbonyl (C=O) groups is 2. The number of hydrogen-bond donors (Lipinski definition) is 7. The van der Waals surface area contributed by atoms with Crippen LogP contribution in [-0.4, -0.2) is 115 Å². The molecule has 0 aromatic carbocycles. The zero-order valence-electron chi connectivity index (χ0n) is 40.2. The molecule has 2 rings (SSSR count). The predicted molar refractivity (Wildman–Crippen MR) is 259 cm³/mol. The fourth-order valence-electron chi connectivity index (χ4n) is 7.33. The predicted octanol–water partition coefficient (Wildman–Crippen LogP) is 8.61. The van der Waals surface area contributed by atoms with Crippen molar-refractivity contribution in [1.29, 1.82) is 0 Å². The molecule has 19 heteroatoms. The van der Waals surface area contributed by atoms with Crippen molar-refractivity contribution in [2.24, 2.45) is 0 Å². The Bertz CT molecular complexity index is 1660. The number of epoxide rings is 1. The molecule has 2 fully saturated rings. The second kappa shape index (κ2) is 36.3. The minimum absolute atomic E-state index is 0.0105. The molecule has 0 aromatic heterocycles. The van der Waals surface area contributed by atoms with Gasteiger partial charge < -0.3 is 49.3 Å². The Morgan fingerprint density at radius 1 is 0.529 bits per heavy atom. The summed E-state index contributed by atoms with van der Waals surface area (Å²) >= 11 is 0. The Labute approximate surface area is 404 Å². The highest BCUT2D eigenvalue weighted by atomic mass is 31.2. The van der Waals surface area contributed by atoms with E-state index in [1.807, 2.05) is 18.2 Å². The average molecular weight is 1010 g/mol. The van der Waals surface area contributed by atoms with Crippen LogP contribution >= 0.6 is 15.6 Å².